The first-order valence-corrected chi connectivity index (χ1v) is 7.25. The first kappa shape index (κ1) is 13.9. The molecule has 6 heteroatoms. The predicted molar refractivity (Wildman–Crippen MR) is 77.8 cm³/mol. The van der Waals surface area contributed by atoms with Gasteiger partial charge in [0, 0.05) is 15.5 Å². The lowest BCUT2D eigenvalue weighted by Crippen LogP contribution is -1.96. The van der Waals surface area contributed by atoms with Gasteiger partial charge in [-0.15, -0.1) is 11.8 Å². The summed E-state index contributed by atoms with van der Waals surface area (Å²) < 4.78 is 0. The van der Waals surface area contributed by atoms with Crippen LogP contribution in [0, 0.1) is 6.92 Å². The van der Waals surface area contributed by atoms with Crippen LogP contribution in [0.3, 0.4) is 0 Å². The first-order chi connectivity index (χ1) is 8.56. The van der Waals surface area contributed by atoms with Crippen LogP contribution in [0.1, 0.15) is 11.4 Å². The summed E-state index contributed by atoms with van der Waals surface area (Å²) in [6, 6.07) is 7.61. The third-order valence-corrected chi connectivity index (χ3v) is 4.20. The maximum Gasteiger partial charge on any atom is 0.142 e. The number of nitrogens with zero attached hydrogens (tertiary/aromatic N) is 2. The Morgan fingerprint density at radius 2 is 1.78 bits per heavy atom. The molecule has 0 spiro atoms. The average Bonchev–Trinajstić information content (AvgIpc) is 2.33. The molecule has 0 aliphatic rings. The number of benzene rings is 1. The lowest BCUT2D eigenvalue weighted by atomic mass is 10.4. The first-order valence-electron chi connectivity index (χ1n) is 5.13. The van der Waals surface area contributed by atoms with E-state index in [9.17, 15) is 0 Å². The van der Waals surface area contributed by atoms with Crippen LogP contribution in [-0.2, 0) is 5.75 Å². The molecule has 94 valence electrons. The van der Waals surface area contributed by atoms with Gasteiger partial charge in [-0.25, -0.2) is 9.97 Å². The van der Waals surface area contributed by atoms with Crippen molar-refractivity contribution in [1.82, 2.24) is 9.97 Å². The number of aromatic nitrogens is 2. The predicted octanol–water partition coefficient (Wildman–Crippen LogP) is 5.04. The third kappa shape index (κ3) is 3.51. The zero-order chi connectivity index (χ0) is 13.1. The molecule has 2 aromatic rings. The summed E-state index contributed by atoms with van der Waals surface area (Å²) in [7, 11) is 0. The summed E-state index contributed by atoms with van der Waals surface area (Å²) in [6.07, 6.45) is 0. The largest absolute Gasteiger partial charge is 0.220 e. The van der Waals surface area contributed by atoms with Crippen molar-refractivity contribution in [1.29, 1.82) is 0 Å². The normalized spacial score (nSPS) is 10.7. The van der Waals surface area contributed by atoms with E-state index in [-0.39, 0.29) is 0 Å². The highest BCUT2D eigenvalue weighted by Gasteiger charge is 2.08. The van der Waals surface area contributed by atoms with Gasteiger partial charge in [0.15, 0.2) is 0 Å². The Morgan fingerprint density at radius 3 is 2.39 bits per heavy atom. The smallest absolute Gasteiger partial charge is 0.142 e. The zero-order valence-corrected chi connectivity index (χ0v) is 12.5. The van der Waals surface area contributed by atoms with E-state index >= 15 is 0 Å². The molecular formula is C12H9Cl3N2S. The number of hydrogen-bond donors (Lipinski definition) is 0. The molecule has 2 nitrogen and oxygen atoms in total. The highest BCUT2D eigenvalue weighted by atomic mass is 35.5. The van der Waals surface area contributed by atoms with Gasteiger partial charge in [0.2, 0.25) is 0 Å². The molecule has 0 saturated heterocycles. The molecule has 1 aromatic heterocycles. The molecule has 0 N–H and O–H groups in total. The molecule has 2 rings (SSSR count). The molecule has 0 aliphatic carbocycles. The van der Waals surface area contributed by atoms with Crippen molar-refractivity contribution in [2.45, 2.75) is 17.6 Å². The van der Waals surface area contributed by atoms with Crippen LogP contribution in [0.25, 0.3) is 0 Å². The fourth-order valence-electron chi connectivity index (χ4n) is 1.27. The monoisotopic (exact) mass is 318 g/mol. The van der Waals surface area contributed by atoms with Gasteiger partial charge in [0.25, 0.3) is 0 Å². The van der Waals surface area contributed by atoms with E-state index in [1.807, 2.05) is 24.3 Å². The molecule has 0 saturated carbocycles. The lowest BCUT2D eigenvalue weighted by molar-refractivity contribution is 1.01. The van der Waals surface area contributed by atoms with E-state index in [1.54, 1.807) is 18.7 Å². The Balaban J connectivity index is 2.11. The minimum absolute atomic E-state index is 0.400. The van der Waals surface area contributed by atoms with Crippen molar-refractivity contribution >= 4 is 46.6 Å². The number of thioether (sulfide) groups is 1. The van der Waals surface area contributed by atoms with Gasteiger partial charge >= 0.3 is 0 Å². The van der Waals surface area contributed by atoms with Gasteiger partial charge in [-0.3, -0.25) is 0 Å². The van der Waals surface area contributed by atoms with Crippen molar-refractivity contribution in [3.05, 3.63) is 51.0 Å². The van der Waals surface area contributed by atoms with Crippen LogP contribution in [-0.4, -0.2) is 9.97 Å². The highest BCUT2D eigenvalue weighted by molar-refractivity contribution is 7.98. The molecule has 1 aromatic carbocycles. The second-order valence-electron chi connectivity index (χ2n) is 3.59. The second-order valence-corrected chi connectivity index (χ2v) is 5.79. The molecule has 1 heterocycles. The van der Waals surface area contributed by atoms with Crippen LogP contribution >= 0.6 is 46.6 Å². The molecular weight excluding hydrogens is 311 g/mol. The zero-order valence-electron chi connectivity index (χ0n) is 9.45. The van der Waals surface area contributed by atoms with E-state index in [2.05, 4.69) is 9.97 Å². The molecule has 18 heavy (non-hydrogen) atoms. The Hall–Kier alpha value is -0.480. The second kappa shape index (κ2) is 6.11. The van der Waals surface area contributed by atoms with Crippen LogP contribution in [0.15, 0.2) is 29.2 Å². The van der Waals surface area contributed by atoms with Crippen molar-refractivity contribution in [3.63, 3.8) is 0 Å². The van der Waals surface area contributed by atoms with Crippen LogP contribution in [0.5, 0.6) is 0 Å². The molecule has 0 bridgehead atoms. The standard InChI is InChI=1S/C12H9Cl3N2S/c1-7-11(14)16-10(17-12(7)15)6-18-9-4-2-3-8(13)5-9/h2-5H,6H2,1H3. The summed E-state index contributed by atoms with van der Waals surface area (Å²) in [4.78, 5) is 9.43. The molecule has 0 unspecified atom stereocenters. The van der Waals surface area contributed by atoms with E-state index < -0.39 is 0 Å². The molecule has 0 fully saturated rings. The molecule has 0 aliphatic heterocycles. The quantitative estimate of drug-likeness (QED) is 0.585. The molecule has 0 atom stereocenters. The van der Waals surface area contributed by atoms with Crippen molar-refractivity contribution in [2.75, 3.05) is 0 Å². The molecule has 0 radical (unpaired) electrons. The minimum Gasteiger partial charge on any atom is -0.220 e. The van der Waals surface area contributed by atoms with Crippen LogP contribution in [0.4, 0.5) is 0 Å². The van der Waals surface area contributed by atoms with Crippen molar-refractivity contribution in [2.24, 2.45) is 0 Å². The van der Waals surface area contributed by atoms with Crippen LogP contribution < -0.4 is 0 Å². The maximum absolute atomic E-state index is 5.96. The van der Waals surface area contributed by atoms with Gasteiger partial charge in [-0.2, -0.15) is 0 Å². The van der Waals surface area contributed by atoms with E-state index in [0.717, 1.165) is 4.90 Å². The van der Waals surface area contributed by atoms with E-state index in [0.29, 0.717) is 32.5 Å². The van der Waals surface area contributed by atoms with Gasteiger partial charge in [0.1, 0.15) is 16.1 Å². The Kier molecular flexibility index (Phi) is 4.73. The van der Waals surface area contributed by atoms with Gasteiger partial charge in [-0.05, 0) is 25.1 Å². The molecule has 0 amide bonds. The van der Waals surface area contributed by atoms with Crippen molar-refractivity contribution < 1.29 is 0 Å². The summed E-state index contributed by atoms with van der Waals surface area (Å²) in [5.74, 6) is 1.21. The maximum atomic E-state index is 5.96. The summed E-state index contributed by atoms with van der Waals surface area (Å²) >= 11 is 19.4. The Morgan fingerprint density at radius 1 is 1.11 bits per heavy atom. The Labute approximate surface area is 125 Å². The van der Waals surface area contributed by atoms with Crippen molar-refractivity contribution in [3.8, 4) is 0 Å². The SMILES string of the molecule is Cc1c(Cl)nc(CSc2cccc(Cl)c2)nc1Cl. The summed E-state index contributed by atoms with van der Waals surface area (Å²) in [5, 5.41) is 1.51. The van der Waals surface area contributed by atoms with Gasteiger partial charge < -0.3 is 0 Å². The minimum atomic E-state index is 0.400. The fourth-order valence-corrected chi connectivity index (χ4v) is 2.76. The average molecular weight is 320 g/mol. The lowest BCUT2D eigenvalue weighted by Gasteiger charge is -2.05. The topological polar surface area (TPSA) is 25.8 Å². The van der Waals surface area contributed by atoms with E-state index in [1.165, 1.54) is 0 Å². The van der Waals surface area contributed by atoms with Crippen LogP contribution in [0.2, 0.25) is 15.3 Å². The fraction of sp³-hybridized carbons (Fsp3) is 0.167. The van der Waals surface area contributed by atoms with E-state index in [4.69, 9.17) is 34.8 Å². The van der Waals surface area contributed by atoms with Gasteiger partial charge in [-0.1, -0.05) is 40.9 Å². The number of rotatable bonds is 3. The van der Waals surface area contributed by atoms with Gasteiger partial charge in [0.05, 0.1) is 5.75 Å². The highest BCUT2D eigenvalue weighted by Crippen LogP contribution is 2.26. The Bertz CT molecular complexity index is 552. The number of halogens is 3. The summed E-state index contributed by atoms with van der Waals surface area (Å²) in [5.41, 5.74) is 0.704. The third-order valence-electron chi connectivity index (χ3n) is 2.24. The number of hydrogen-bond acceptors (Lipinski definition) is 3. The summed E-state index contributed by atoms with van der Waals surface area (Å²) in [6.45, 7) is 1.79.